The van der Waals surface area contributed by atoms with Gasteiger partial charge in [0, 0.05) is 39.3 Å². The number of benzene rings is 1. The van der Waals surface area contributed by atoms with Gasteiger partial charge in [0.15, 0.2) is 0 Å². The first-order valence-corrected chi connectivity index (χ1v) is 8.53. The second kappa shape index (κ2) is 6.06. The summed E-state index contributed by atoms with van der Waals surface area (Å²) in [5.41, 5.74) is 2.19. The fourth-order valence-corrected chi connectivity index (χ4v) is 3.89. The molecule has 1 fully saturated rings. The maximum Gasteiger partial charge on any atom is 0.0782 e. The number of anilines is 1. The van der Waals surface area contributed by atoms with Gasteiger partial charge in [0.25, 0.3) is 0 Å². The highest BCUT2D eigenvalue weighted by atomic mass is 79.9. The molecule has 0 bridgehead atoms. The first-order valence-electron chi connectivity index (χ1n) is 6.75. The fourth-order valence-electron chi connectivity index (χ4n) is 2.41. The van der Waals surface area contributed by atoms with Crippen molar-refractivity contribution in [3.63, 3.8) is 0 Å². The normalized spacial score (nSPS) is 21.0. The van der Waals surface area contributed by atoms with Gasteiger partial charge in [-0.15, -0.1) is 0 Å². The second-order valence-electron chi connectivity index (χ2n) is 5.72. The molecular weight excluding hydrogens is 322 g/mol. The van der Waals surface area contributed by atoms with E-state index >= 15 is 0 Å². The van der Waals surface area contributed by atoms with Crippen LogP contribution in [0.4, 0.5) is 5.69 Å². The average molecular weight is 344 g/mol. The lowest BCUT2D eigenvalue weighted by Crippen LogP contribution is -2.28. The zero-order valence-electron chi connectivity index (χ0n) is 11.8. The molecule has 4 heteroatoms. The van der Waals surface area contributed by atoms with Crippen LogP contribution in [0.5, 0.6) is 0 Å². The zero-order chi connectivity index (χ0) is 14.0. The Morgan fingerprint density at radius 3 is 2.79 bits per heavy atom. The molecule has 0 radical (unpaired) electrons. The molecule has 1 N–H and O–H groups in total. The molecule has 1 saturated heterocycles. The average Bonchev–Trinajstić information content (AvgIpc) is 2.50. The summed E-state index contributed by atoms with van der Waals surface area (Å²) in [5, 5.41) is 9.98. The topological polar surface area (TPSA) is 23.5 Å². The third kappa shape index (κ3) is 3.89. The van der Waals surface area contributed by atoms with Crippen LogP contribution in [-0.2, 0) is 0 Å². The quantitative estimate of drug-likeness (QED) is 0.869. The number of aliphatic hydroxyl groups excluding tert-OH is 1. The fraction of sp³-hybridized carbons (Fsp3) is 0.600. The summed E-state index contributed by atoms with van der Waals surface area (Å²) < 4.78 is 1.38. The van der Waals surface area contributed by atoms with E-state index < -0.39 is 6.10 Å². The SMILES string of the molecule is CC(O)c1cc(Br)ccc1N1CCSC(C)(C)CC1. The van der Waals surface area contributed by atoms with Crippen LogP contribution in [0.3, 0.4) is 0 Å². The van der Waals surface area contributed by atoms with Crippen molar-refractivity contribution in [2.45, 2.75) is 38.0 Å². The zero-order valence-corrected chi connectivity index (χ0v) is 14.2. The third-order valence-electron chi connectivity index (χ3n) is 3.62. The molecule has 1 aromatic rings. The Morgan fingerprint density at radius 2 is 2.11 bits per heavy atom. The van der Waals surface area contributed by atoms with Crippen molar-refractivity contribution >= 4 is 33.4 Å². The molecule has 1 heterocycles. The molecule has 1 aromatic carbocycles. The summed E-state index contributed by atoms with van der Waals surface area (Å²) in [7, 11) is 0. The molecule has 1 unspecified atom stereocenters. The lowest BCUT2D eigenvalue weighted by molar-refractivity contribution is 0.199. The molecule has 0 aromatic heterocycles. The van der Waals surface area contributed by atoms with E-state index in [9.17, 15) is 5.11 Å². The van der Waals surface area contributed by atoms with Gasteiger partial charge in [-0.2, -0.15) is 11.8 Å². The van der Waals surface area contributed by atoms with Gasteiger partial charge in [-0.05, 0) is 31.5 Å². The minimum Gasteiger partial charge on any atom is -0.389 e. The van der Waals surface area contributed by atoms with Crippen molar-refractivity contribution in [1.29, 1.82) is 0 Å². The maximum absolute atomic E-state index is 9.98. The number of aliphatic hydroxyl groups is 1. The summed E-state index contributed by atoms with van der Waals surface area (Å²) in [6.07, 6.45) is 0.740. The predicted octanol–water partition coefficient (Wildman–Crippen LogP) is 4.22. The van der Waals surface area contributed by atoms with Crippen LogP contribution in [0.25, 0.3) is 0 Å². The Bertz CT molecular complexity index is 448. The molecule has 1 aliphatic heterocycles. The molecule has 2 rings (SSSR count). The highest BCUT2D eigenvalue weighted by molar-refractivity contribution is 9.10. The minimum atomic E-state index is -0.434. The van der Waals surface area contributed by atoms with Crippen LogP contribution in [0.1, 0.15) is 38.9 Å². The number of thioether (sulfide) groups is 1. The van der Waals surface area contributed by atoms with Crippen molar-refractivity contribution in [1.82, 2.24) is 0 Å². The van der Waals surface area contributed by atoms with E-state index in [1.165, 1.54) is 12.1 Å². The monoisotopic (exact) mass is 343 g/mol. The van der Waals surface area contributed by atoms with E-state index in [4.69, 9.17) is 0 Å². The van der Waals surface area contributed by atoms with Crippen LogP contribution in [-0.4, -0.2) is 28.7 Å². The van der Waals surface area contributed by atoms with Crippen LogP contribution < -0.4 is 4.90 Å². The van der Waals surface area contributed by atoms with Gasteiger partial charge in [0.2, 0.25) is 0 Å². The number of nitrogens with zero attached hydrogens (tertiary/aromatic N) is 1. The molecule has 1 atom stereocenters. The summed E-state index contributed by atoms with van der Waals surface area (Å²) >= 11 is 5.53. The number of halogens is 1. The summed E-state index contributed by atoms with van der Waals surface area (Å²) in [6, 6.07) is 6.21. The molecule has 106 valence electrons. The van der Waals surface area contributed by atoms with Gasteiger partial charge in [-0.25, -0.2) is 0 Å². The Kier molecular flexibility index (Phi) is 4.85. The van der Waals surface area contributed by atoms with Crippen LogP contribution in [0.2, 0.25) is 0 Å². The standard InChI is InChI=1S/C15H22BrNOS/c1-11(18)13-10-12(16)4-5-14(13)17-7-6-15(2,3)19-9-8-17/h4-5,10-11,18H,6-9H2,1-3H3. The largest absolute Gasteiger partial charge is 0.389 e. The second-order valence-corrected chi connectivity index (χ2v) is 8.44. The van der Waals surface area contributed by atoms with Crippen molar-refractivity contribution in [3.8, 4) is 0 Å². The van der Waals surface area contributed by atoms with E-state index in [0.29, 0.717) is 4.75 Å². The Balaban J connectivity index is 2.26. The Labute approximate surface area is 128 Å². The molecule has 1 aliphatic rings. The molecule has 2 nitrogen and oxygen atoms in total. The van der Waals surface area contributed by atoms with Gasteiger partial charge in [-0.3, -0.25) is 0 Å². The van der Waals surface area contributed by atoms with Gasteiger partial charge in [-0.1, -0.05) is 29.8 Å². The highest BCUT2D eigenvalue weighted by Crippen LogP contribution is 2.35. The molecule has 0 amide bonds. The van der Waals surface area contributed by atoms with E-state index in [-0.39, 0.29) is 0 Å². The van der Waals surface area contributed by atoms with E-state index in [1.807, 2.05) is 24.8 Å². The molecular formula is C15H22BrNOS. The minimum absolute atomic E-state index is 0.356. The van der Waals surface area contributed by atoms with E-state index in [0.717, 1.165) is 28.9 Å². The van der Waals surface area contributed by atoms with Crippen molar-refractivity contribution in [3.05, 3.63) is 28.2 Å². The lowest BCUT2D eigenvalue weighted by Gasteiger charge is -2.27. The van der Waals surface area contributed by atoms with Crippen molar-refractivity contribution in [2.24, 2.45) is 0 Å². The summed E-state index contributed by atoms with van der Waals surface area (Å²) in [4.78, 5) is 2.41. The first-order chi connectivity index (χ1) is 8.89. The lowest BCUT2D eigenvalue weighted by atomic mass is 10.1. The van der Waals surface area contributed by atoms with Crippen LogP contribution in [0, 0.1) is 0 Å². The summed E-state index contributed by atoms with van der Waals surface area (Å²) in [6.45, 7) is 8.58. The molecule has 0 spiro atoms. The Hall–Kier alpha value is -0.190. The van der Waals surface area contributed by atoms with Gasteiger partial charge < -0.3 is 10.0 Å². The van der Waals surface area contributed by atoms with Crippen molar-refractivity contribution in [2.75, 3.05) is 23.7 Å². The Morgan fingerprint density at radius 1 is 1.37 bits per heavy atom. The predicted molar refractivity (Wildman–Crippen MR) is 88.1 cm³/mol. The molecule has 0 saturated carbocycles. The number of rotatable bonds is 2. The van der Waals surface area contributed by atoms with Crippen molar-refractivity contribution < 1.29 is 5.11 Å². The van der Waals surface area contributed by atoms with Gasteiger partial charge in [0.05, 0.1) is 6.10 Å². The van der Waals surface area contributed by atoms with Gasteiger partial charge >= 0.3 is 0 Å². The number of hydrogen-bond acceptors (Lipinski definition) is 3. The number of hydrogen-bond donors (Lipinski definition) is 1. The summed E-state index contributed by atoms with van der Waals surface area (Å²) in [5.74, 6) is 1.14. The third-order valence-corrected chi connectivity index (χ3v) is 5.48. The van der Waals surface area contributed by atoms with Crippen LogP contribution >= 0.6 is 27.7 Å². The first kappa shape index (κ1) is 15.2. The van der Waals surface area contributed by atoms with E-state index in [1.54, 1.807) is 0 Å². The highest BCUT2D eigenvalue weighted by Gasteiger charge is 2.25. The van der Waals surface area contributed by atoms with Crippen LogP contribution in [0.15, 0.2) is 22.7 Å². The van der Waals surface area contributed by atoms with E-state index in [2.05, 4.69) is 46.8 Å². The maximum atomic E-state index is 9.98. The molecule has 19 heavy (non-hydrogen) atoms. The smallest absolute Gasteiger partial charge is 0.0782 e. The van der Waals surface area contributed by atoms with Gasteiger partial charge in [0.1, 0.15) is 0 Å². The molecule has 0 aliphatic carbocycles.